The van der Waals surface area contributed by atoms with Crippen LogP contribution >= 0.6 is 0 Å². The van der Waals surface area contributed by atoms with E-state index in [-0.39, 0.29) is 5.76 Å². The lowest BCUT2D eigenvalue weighted by Gasteiger charge is -2.07. The molecule has 2 aromatic carbocycles. The van der Waals surface area contributed by atoms with Crippen molar-refractivity contribution in [1.82, 2.24) is 0 Å². The summed E-state index contributed by atoms with van der Waals surface area (Å²) < 4.78 is 11.2. The van der Waals surface area contributed by atoms with Gasteiger partial charge in [0.15, 0.2) is 11.5 Å². The van der Waals surface area contributed by atoms with Gasteiger partial charge in [0.2, 0.25) is 5.76 Å². The Bertz CT molecular complexity index is 913. The highest BCUT2D eigenvalue weighted by Gasteiger charge is 2.17. The molecule has 0 aliphatic carbocycles. The molecular weight excluding hydrogens is 266 g/mol. The summed E-state index contributed by atoms with van der Waals surface area (Å²) in [7, 11) is 0. The van der Waals surface area contributed by atoms with Crippen molar-refractivity contribution in [3.05, 3.63) is 53.8 Å². The first-order chi connectivity index (χ1) is 10.2. The Labute approximate surface area is 120 Å². The maximum absolute atomic E-state index is 9.15. The summed E-state index contributed by atoms with van der Waals surface area (Å²) in [5, 5.41) is 18.7. The Balaban J connectivity index is 2.10. The molecule has 0 saturated carbocycles. The molecule has 21 heavy (non-hydrogen) atoms. The molecule has 1 heterocycles. The van der Waals surface area contributed by atoms with Crippen LogP contribution in [0.1, 0.15) is 11.3 Å². The number of fused-ring (bicyclic) bond motifs is 1. The molecule has 3 rings (SSSR count). The highest BCUT2D eigenvalue weighted by atomic mass is 16.5. The third-order valence-electron chi connectivity index (χ3n) is 3.00. The highest BCUT2D eigenvalue weighted by molar-refractivity contribution is 5.87. The number of hydrogen-bond acceptors (Lipinski definition) is 5. The molecule has 0 amide bonds. The number of nitrogens with two attached hydrogens (primary N) is 1. The van der Waals surface area contributed by atoms with Gasteiger partial charge in [-0.15, -0.1) is 0 Å². The van der Waals surface area contributed by atoms with E-state index in [0.717, 1.165) is 0 Å². The van der Waals surface area contributed by atoms with Crippen molar-refractivity contribution < 1.29 is 9.15 Å². The van der Waals surface area contributed by atoms with Crippen molar-refractivity contribution >= 4 is 16.7 Å². The predicted molar refractivity (Wildman–Crippen MR) is 76.6 cm³/mol. The Morgan fingerprint density at radius 2 is 1.86 bits per heavy atom. The topological polar surface area (TPSA) is 96.0 Å². The maximum Gasteiger partial charge on any atom is 0.247 e. The van der Waals surface area contributed by atoms with Crippen molar-refractivity contribution in [2.24, 2.45) is 0 Å². The van der Waals surface area contributed by atoms with Gasteiger partial charge in [-0.3, -0.25) is 0 Å². The first kappa shape index (κ1) is 12.6. The average Bonchev–Trinajstić information content (AvgIpc) is 2.87. The molecule has 100 valence electrons. The molecule has 0 bridgehead atoms. The molecule has 0 atom stereocenters. The normalized spacial score (nSPS) is 10.0. The number of rotatable bonds is 2. The monoisotopic (exact) mass is 275 g/mol. The molecule has 0 aliphatic heterocycles. The smallest absolute Gasteiger partial charge is 0.247 e. The van der Waals surface area contributed by atoms with Crippen LogP contribution < -0.4 is 10.5 Å². The van der Waals surface area contributed by atoms with E-state index in [9.17, 15) is 0 Å². The van der Waals surface area contributed by atoms with Crippen LogP contribution in [0.5, 0.6) is 11.5 Å². The van der Waals surface area contributed by atoms with E-state index in [2.05, 4.69) is 0 Å². The van der Waals surface area contributed by atoms with Crippen LogP contribution in [-0.4, -0.2) is 0 Å². The first-order valence-electron chi connectivity index (χ1n) is 6.12. The minimum absolute atomic E-state index is 0.0833. The number of hydrogen-bond donors (Lipinski definition) is 1. The number of nitrogen functional groups attached to an aromatic ring is 1. The Hall–Kier alpha value is -3.44. The first-order valence-corrected chi connectivity index (χ1v) is 6.12. The number of nitrogens with zero attached hydrogens (tertiary/aromatic N) is 2. The summed E-state index contributed by atoms with van der Waals surface area (Å²) in [6.45, 7) is 0. The predicted octanol–water partition coefficient (Wildman–Crippen LogP) is 3.55. The van der Waals surface area contributed by atoms with Gasteiger partial charge in [0.1, 0.15) is 11.7 Å². The molecule has 1 aromatic heterocycles. The van der Waals surface area contributed by atoms with E-state index in [1.54, 1.807) is 24.3 Å². The van der Waals surface area contributed by atoms with Crippen LogP contribution in [0.25, 0.3) is 11.0 Å². The van der Waals surface area contributed by atoms with Gasteiger partial charge >= 0.3 is 0 Å². The van der Waals surface area contributed by atoms with E-state index in [1.807, 2.05) is 24.3 Å². The maximum atomic E-state index is 9.15. The van der Waals surface area contributed by atoms with Crippen LogP contribution in [0.3, 0.4) is 0 Å². The fraction of sp³-hybridized carbons (Fsp3) is 0. The van der Waals surface area contributed by atoms with Crippen molar-refractivity contribution in [2.75, 3.05) is 5.73 Å². The summed E-state index contributed by atoms with van der Waals surface area (Å²) in [6.07, 6.45) is 0. The Morgan fingerprint density at radius 3 is 2.57 bits per heavy atom. The lowest BCUT2D eigenvalue weighted by molar-refractivity contribution is 0.469. The molecule has 3 aromatic rings. The van der Waals surface area contributed by atoms with Crippen LogP contribution in [0.2, 0.25) is 0 Å². The SMILES string of the molecule is N#Cc1ccc(Oc2c(C#N)oc3ccccc23)c(N)c1. The number of benzene rings is 2. The van der Waals surface area contributed by atoms with Gasteiger partial charge in [0.25, 0.3) is 0 Å². The number of para-hydroxylation sites is 1. The number of furan rings is 1. The van der Waals surface area contributed by atoms with E-state index in [0.29, 0.717) is 33.7 Å². The molecule has 5 nitrogen and oxygen atoms in total. The zero-order valence-electron chi connectivity index (χ0n) is 10.8. The summed E-state index contributed by atoms with van der Waals surface area (Å²) in [5.41, 5.74) is 7.19. The molecule has 5 heteroatoms. The quantitative estimate of drug-likeness (QED) is 0.721. The molecule has 0 radical (unpaired) electrons. The fourth-order valence-corrected chi connectivity index (χ4v) is 2.02. The summed E-state index contributed by atoms with van der Waals surface area (Å²) >= 11 is 0. The number of ether oxygens (including phenoxy) is 1. The summed E-state index contributed by atoms with van der Waals surface area (Å²) in [6, 6.07) is 15.9. The summed E-state index contributed by atoms with van der Waals surface area (Å²) in [5.74, 6) is 0.779. The second-order valence-electron chi connectivity index (χ2n) is 4.33. The third-order valence-corrected chi connectivity index (χ3v) is 3.00. The van der Waals surface area contributed by atoms with Crippen molar-refractivity contribution in [1.29, 1.82) is 10.5 Å². The second-order valence-corrected chi connectivity index (χ2v) is 4.33. The molecular formula is C16H9N3O2. The van der Waals surface area contributed by atoms with E-state index >= 15 is 0 Å². The van der Waals surface area contributed by atoms with Gasteiger partial charge in [-0.1, -0.05) is 12.1 Å². The van der Waals surface area contributed by atoms with Gasteiger partial charge in [0.05, 0.1) is 22.7 Å². The molecule has 2 N–H and O–H groups in total. The second kappa shape index (κ2) is 4.92. The number of nitriles is 2. The fourth-order valence-electron chi connectivity index (χ4n) is 2.02. The van der Waals surface area contributed by atoms with Crippen LogP contribution in [0.4, 0.5) is 5.69 Å². The van der Waals surface area contributed by atoms with E-state index in [4.69, 9.17) is 25.4 Å². The van der Waals surface area contributed by atoms with E-state index in [1.165, 1.54) is 6.07 Å². The molecule has 0 unspecified atom stereocenters. The van der Waals surface area contributed by atoms with Gasteiger partial charge in [-0.2, -0.15) is 10.5 Å². The van der Waals surface area contributed by atoms with Crippen molar-refractivity contribution in [2.45, 2.75) is 0 Å². The molecule has 0 saturated heterocycles. The minimum Gasteiger partial charge on any atom is -0.450 e. The van der Waals surface area contributed by atoms with Gasteiger partial charge in [-0.25, -0.2) is 0 Å². The van der Waals surface area contributed by atoms with Gasteiger partial charge in [0, 0.05) is 0 Å². The van der Waals surface area contributed by atoms with Crippen LogP contribution in [-0.2, 0) is 0 Å². The van der Waals surface area contributed by atoms with Crippen molar-refractivity contribution in [3.63, 3.8) is 0 Å². The minimum atomic E-state index is 0.0833. The lowest BCUT2D eigenvalue weighted by atomic mass is 10.2. The average molecular weight is 275 g/mol. The highest BCUT2D eigenvalue weighted by Crippen LogP contribution is 2.37. The third kappa shape index (κ3) is 2.13. The molecule has 0 spiro atoms. The zero-order chi connectivity index (χ0) is 14.8. The zero-order valence-corrected chi connectivity index (χ0v) is 10.8. The number of anilines is 1. The van der Waals surface area contributed by atoms with Gasteiger partial charge < -0.3 is 14.9 Å². The van der Waals surface area contributed by atoms with Crippen LogP contribution in [0, 0.1) is 22.7 Å². The van der Waals surface area contributed by atoms with Crippen molar-refractivity contribution in [3.8, 4) is 23.6 Å². The molecule has 0 aliphatic rings. The molecule has 0 fully saturated rings. The Morgan fingerprint density at radius 1 is 1.05 bits per heavy atom. The van der Waals surface area contributed by atoms with Gasteiger partial charge in [-0.05, 0) is 30.3 Å². The lowest BCUT2D eigenvalue weighted by Crippen LogP contribution is -1.93. The Kier molecular flexibility index (Phi) is 2.95. The van der Waals surface area contributed by atoms with E-state index < -0.39 is 0 Å². The largest absolute Gasteiger partial charge is 0.450 e. The standard InChI is InChI=1S/C16H9N3O2/c17-8-10-5-6-14(12(19)7-10)21-16-11-3-1-2-4-13(11)20-15(16)9-18/h1-7H,19H2. The summed E-state index contributed by atoms with van der Waals surface area (Å²) in [4.78, 5) is 0. The van der Waals surface area contributed by atoms with Crippen LogP contribution in [0.15, 0.2) is 46.9 Å².